The summed E-state index contributed by atoms with van der Waals surface area (Å²) in [7, 11) is 3.68. The van der Waals surface area contributed by atoms with Crippen molar-refractivity contribution < 1.29 is 4.74 Å². The van der Waals surface area contributed by atoms with Crippen LogP contribution in [-0.2, 0) is 0 Å². The van der Waals surface area contributed by atoms with E-state index >= 15 is 0 Å². The van der Waals surface area contributed by atoms with Gasteiger partial charge in [-0.3, -0.25) is 0 Å². The highest BCUT2D eigenvalue weighted by Crippen LogP contribution is 2.23. The number of aromatic nitrogens is 3. The topological polar surface area (TPSA) is 63.2 Å². The second-order valence-electron chi connectivity index (χ2n) is 4.32. The Kier molecular flexibility index (Phi) is 4.34. The van der Waals surface area contributed by atoms with Crippen LogP contribution in [0.1, 0.15) is 12.5 Å². The molecule has 20 heavy (non-hydrogen) atoms. The first-order valence-electron chi connectivity index (χ1n) is 6.51. The third kappa shape index (κ3) is 3.14. The normalized spacial score (nSPS) is 10.2. The Morgan fingerprint density at radius 1 is 1.25 bits per heavy atom. The maximum Gasteiger partial charge on any atom is 0.323 e. The fourth-order valence-electron chi connectivity index (χ4n) is 1.75. The Morgan fingerprint density at radius 2 is 2.05 bits per heavy atom. The summed E-state index contributed by atoms with van der Waals surface area (Å²) in [6.45, 7) is 4.46. The van der Waals surface area contributed by atoms with Crippen LogP contribution in [-0.4, -0.2) is 35.7 Å². The molecule has 0 amide bonds. The van der Waals surface area contributed by atoms with Crippen LogP contribution in [0.15, 0.2) is 24.3 Å². The smallest absolute Gasteiger partial charge is 0.323 e. The molecule has 0 aliphatic heterocycles. The lowest BCUT2D eigenvalue weighted by Gasteiger charge is -2.18. The maximum absolute atomic E-state index is 5.37. The highest BCUT2D eigenvalue weighted by atomic mass is 16.5. The first kappa shape index (κ1) is 14.0. The standard InChI is InChI=1S/C14H19N5O/c1-5-20-14-17-12(15-3)16-13(18-14)19(4)11-8-6-7-10(2)9-11/h6-9H,5H2,1-4H3,(H,15,16,17,18). The van der Waals surface area contributed by atoms with Gasteiger partial charge in [-0.2, -0.15) is 15.0 Å². The molecule has 0 spiro atoms. The van der Waals surface area contributed by atoms with E-state index in [2.05, 4.69) is 39.3 Å². The Morgan fingerprint density at radius 3 is 2.70 bits per heavy atom. The first-order chi connectivity index (χ1) is 9.63. The second-order valence-corrected chi connectivity index (χ2v) is 4.32. The van der Waals surface area contributed by atoms with Crippen molar-refractivity contribution >= 4 is 17.6 Å². The lowest BCUT2D eigenvalue weighted by molar-refractivity contribution is 0.312. The Labute approximate surface area is 118 Å². The molecule has 0 fully saturated rings. The molecule has 0 radical (unpaired) electrons. The van der Waals surface area contributed by atoms with Crippen LogP contribution >= 0.6 is 0 Å². The van der Waals surface area contributed by atoms with Crippen LogP contribution in [0.3, 0.4) is 0 Å². The zero-order chi connectivity index (χ0) is 14.5. The zero-order valence-corrected chi connectivity index (χ0v) is 12.2. The largest absolute Gasteiger partial charge is 0.464 e. The molecule has 1 N–H and O–H groups in total. The summed E-state index contributed by atoms with van der Waals surface area (Å²) >= 11 is 0. The molecule has 0 bridgehead atoms. The van der Waals surface area contributed by atoms with Gasteiger partial charge in [0.15, 0.2) is 0 Å². The molecule has 106 valence electrons. The van der Waals surface area contributed by atoms with Crippen molar-refractivity contribution in [2.24, 2.45) is 0 Å². The van der Waals surface area contributed by atoms with Crippen LogP contribution < -0.4 is 15.0 Å². The number of rotatable bonds is 5. The van der Waals surface area contributed by atoms with Crippen molar-refractivity contribution in [2.75, 3.05) is 30.9 Å². The lowest BCUT2D eigenvalue weighted by Crippen LogP contribution is -2.15. The van der Waals surface area contributed by atoms with Gasteiger partial charge in [-0.05, 0) is 31.5 Å². The summed E-state index contributed by atoms with van der Waals surface area (Å²) in [6, 6.07) is 8.46. The second kappa shape index (κ2) is 6.18. The van der Waals surface area contributed by atoms with E-state index in [-0.39, 0.29) is 0 Å². The molecule has 6 nitrogen and oxygen atoms in total. The molecule has 0 saturated carbocycles. The van der Waals surface area contributed by atoms with Gasteiger partial charge in [0, 0.05) is 19.8 Å². The number of nitrogens with one attached hydrogen (secondary N) is 1. The van der Waals surface area contributed by atoms with E-state index < -0.39 is 0 Å². The predicted octanol–water partition coefficient (Wildman–Crippen LogP) is 2.39. The van der Waals surface area contributed by atoms with E-state index in [0.29, 0.717) is 24.5 Å². The SMILES string of the molecule is CCOc1nc(NC)nc(N(C)c2cccc(C)c2)n1. The molecule has 1 aromatic heterocycles. The fraction of sp³-hybridized carbons (Fsp3) is 0.357. The van der Waals surface area contributed by atoms with Crippen molar-refractivity contribution in [3.63, 3.8) is 0 Å². The van der Waals surface area contributed by atoms with Crippen LogP contribution in [0.2, 0.25) is 0 Å². The first-order valence-corrected chi connectivity index (χ1v) is 6.51. The number of hydrogen-bond donors (Lipinski definition) is 1. The molecule has 1 aromatic carbocycles. The molecule has 0 aliphatic carbocycles. The minimum Gasteiger partial charge on any atom is -0.464 e. The van der Waals surface area contributed by atoms with E-state index in [4.69, 9.17) is 4.74 Å². The third-order valence-electron chi connectivity index (χ3n) is 2.79. The number of benzene rings is 1. The van der Waals surface area contributed by atoms with Gasteiger partial charge in [-0.1, -0.05) is 12.1 Å². The van der Waals surface area contributed by atoms with Crippen molar-refractivity contribution in [1.29, 1.82) is 0 Å². The maximum atomic E-state index is 5.37. The van der Waals surface area contributed by atoms with Gasteiger partial charge >= 0.3 is 6.01 Å². The van der Waals surface area contributed by atoms with Gasteiger partial charge in [0.25, 0.3) is 0 Å². The van der Waals surface area contributed by atoms with Crippen molar-refractivity contribution in [3.05, 3.63) is 29.8 Å². The van der Waals surface area contributed by atoms with Crippen molar-refractivity contribution in [3.8, 4) is 6.01 Å². The molecular weight excluding hydrogens is 254 g/mol. The number of ether oxygens (including phenoxy) is 1. The predicted molar refractivity (Wildman–Crippen MR) is 79.8 cm³/mol. The van der Waals surface area contributed by atoms with Crippen LogP contribution in [0, 0.1) is 6.92 Å². The summed E-state index contributed by atoms with van der Waals surface area (Å²) < 4.78 is 5.37. The van der Waals surface area contributed by atoms with Crippen molar-refractivity contribution in [2.45, 2.75) is 13.8 Å². The number of anilines is 3. The average molecular weight is 273 g/mol. The summed E-state index contributed by atoms with van der Waals surface area (Å²) in [5.41, 5.74) is 2.20. The monoisotopic (exact) mass is 273 g/mol. The average Bonchev–Trinajstić information content (AvgIpc) is 2.46. The fourth-order valence-corrected chi connectivity index (χ4v) is 1.75. The van der Waals surface area contributed by atoms with Gasteiger partial charge < -0.3 is 15.0 Å². The minimum absolute atomic E-state index is 0.321. The quantitative estimate of drug-likeness (QED) is 0.902. The van der Waals surface area contributed by atoms with E-state index in [1.807, 2.05) is 31.0 Å². The molecule has 2 rings (SSSR count). The van der Waals surface area contributed by atoms with Crippen molar-refractivity contribution in [1.82, 2.24) is 15.0 Å². The Bertz CT molecular complexity index is 588. The molecule has 0 atom stereocenters. The highest BCUT2D eigenvalue weighted by Gasteiger charge is 2.12. The molecule has 0 aliphatic rings. The van der Waals surface area contributed by atoms with Gasteiger partial charge in [-0.25, -0.2) is 0 Å². The van der Waals surface area contributed by atoms with Gasteiger partial charge in [0.05, 0.1) is 6.61 Å². The van der Waals surface area contributed by atoms with Gasteiger partial charge in [-0.15, -0.1) is 0 Å². The number of hydrogen-bond acceptors (Lipinski definition) is 6. The number of aryl methyl sites for hydroxylation is 1. The number of nitrogens with zero attached hydrogens (tertiary/aromatic N) is 4. The molecule has 2 aromatic rings. The summed E-state index contributed by atoms with van der Waals surface area (Å²) in [6.07, 6.45) is 0. The summed E-state index contributed by atoms with van der Waals surface area (Å²) in [5, 5.41) is 2.91. The van der Waals surface area contributed by atoms with E-state index in [1.165, 1.54) is 5.56 Å². The summed E-state index contributed by atoms with van der Waals surface area (Å²) in [4.78, 5) is 14.7. The van der Waals surface area contributed by atoms with Gasteiger partial charge in [0.2, 0.25) is 11.9 Å². The van der Waals surface area contributed by atoms with Crippen LogP contribution in [0.4, 0.5) is 17.6 Å². The lowest BCUT2D eigenvalue weighted by atomic mass is 10.2. The van der Waals surface area contributed by atoms with Crippen LogP contribution in [0.25, 0.3) is 0 Å². The van der Waals surface area contributed by atoms with Gasteiger partial charge in [0.1, 0.15) is 0 Å². The summed E-state index contributed by atoms with van der Waals surface area (Å²) in [5.74, 6) is 1.02. The molecule has 0 unspecified atom stereocenters. The van der Waals surface area contributed by atoms with E-state index in [0.717, 1.165) is 5.69 Å². The third-order valence-corrected chi connectivity index (χ3v) is 2.79. The Balaban J connectivity index is 2.37. The van der Waals surface area contributed by atoms with Crippen LogP contribution in [0.5, 0.6) is 6.01 Å². The molecule has 6 heteroatoms. The molecule has 0 saturated heterocycles. The minimum atomic E-state index is 0.321. The highest BCUT2D eigenvalue weighted by molar-refractivity contribution is 5.58. The molecular formula is C14H19N5O. The molecule has 1 heterocycles. The Hall–Kier alpha value is -2.37. The van der Waals surface area contributed by atoms with E-state index in [9.17, 15) is 0 Å². The zero-order valence-electron chi connectivity index (χ0n) is 12.2. The van der Waals surface area contributed by atoms with E-state index in [1.54, 1.807) is 7.05 Å².